The average molecular weight is 452 g/mol. The molecule has 0 unspecified atom stereocenters. The molecule has 0 aliphatic rings. The third-order valence-corrected chi connectivity index (χ3v) is 6.07. The first-order valence-electron chi connectivity index (χ1n) is 9.19. The number of carbonyl (C=O) groups excluding carboxylic acids is 2. The summed E-state index contributed by atoms with van der Waals surface area (Å²) in [5.41, 5.74) is 3.96. The second kappa shape index (κ2) is 9.07. The first-order valence-corrected chi connectivity index (χ1v) is 10.4. The summed E-state index contributed by atoms with van der Waals surface area (Å²) >= 11 is 7.67. The van der Waals surface area contributed by atoms with Gasteiger partial charge >= 0.3 is 0 Å². The van der Waals surface area contributed by atoms with Crippen LogP contribution in [0.15, 0.2) is 77.9 Å². The van der Waals surface area contributed by atoms with Crippen LogP contribution in [0.4, 0.5) is 10.1 Å². The lowest BCUT2D eigenvalue weighted by Gasteiger charge is -2.05. The number of thiophene rings is 1. The third-order valence-electron chi connectivity index (χ3n) is 4.40. The van der Waals surface area contributed by atoms with Crippen molar-refractivity contribution < 1.29 is 14.0 Å². The van der Waals surface area contributed by atoms with Crippen LogP contribution in [-0.4, -0.2) is 18.0 Å². The van der Waals surface area contributed by atoms with E-state index in [1.807, 2.05) is 24.3 Å². The van der Waals surface area contributed by atoms with Crippen LogP contribution in [0.1, 0.15) is 25.6 Å². The minimum atomic E-state index is -0.413. The topological polar surface area (TPSA) is 70.6 Å². The summed E-state index contributed by atoms with van der Waals surface area (Å²) in [6, 6.07) is 19.7. The van der Waals surface area contributed by atoms with Gasteiger partial charge < -0.3 is 5.32 Å². The molecule has 0 atom stereocenters. The number of rotatable bonds is 5. The first kappa shape index (κ1) is 20.7. The summed E-state index contributed by atoms with van der Waals surface area (Å²) in [7, 11) is 0. The van der Waals surface area contributed by atoms with Crippen LogP contribution in [0.5, 0.6) is 0 Å². The zero-order chi connectivity index (χ0) is 21.8. The van der Waals surface area contributed by atoms with Crippen molar-refractivity contribution in [3.63, 3.8) is 0 Å². The van der Waals surface area contributed by atoms with Crippen LogP contribution in [0.2, 0.25) is 5.02 Å². The molecule has 154 valence electrons. The fourth-order valence-corrected chi connectivity index (χ4v) is 4.24. The van der Waals surface area contributed by atoms with Crippen LogP contribution in [-0.2, 0) is 0 Å². The van der Waals surface area contributed by atoms with Crippen LogP contribution in [0, 0.1) is 5.82 Å². The van der Waals surface area contributed by atoms with Crippen molar-refractivity contribution in [1.82, 2.24) is 5.43 Å². The van der Waals surface area contributed by atoms with Gasteiger partial charge in [-0.15, -0.1) is 11.3 Å². The highest BCUT2D eigenvalue weighted by Crippen LogP contribution is 2.35. The lowest BCUT2D eigenvalue weighted by Crippen LogP contribution is -2.17. The Bertz CT molecular complexity index is 1280. The van der Waals surface area contributed by atoms with Gasteiger partial charge in [-0.3, -0.25) is 9.59 Å². The van der Waals surface area contributed by atoms with Crippen molar-refractivity contribution in [2.24, 2.45) is 5.10 Å². The van der Waals surface area contributed by atoms with Gasteiger partial charge in [0.1, 0.15) is 10.7 Å². The molecule has 2 N–H and O–H groups in total. The number of hydrazone groups is 1. The monoisotopic (exact) mass is 451 g/mol. The molecule has 31 heavy (non-hydrogen) atoms. The van der Waals surface area contributed by atoms with E-state index in [1.54, 1.807) is 36.4 Å². The van der Waals surface area contributed by atoms with Crippen molar-refractivity contribution in [3.05, 3.63) is 99.6 Å². The number of carbonyl (C=O) groups is 2. The van der Waals surface area contributed by atoms with Crippen molar-refractivity contribution in [2.45, 2.75) is 0 Å². The van der Waals surface area contributed by atoms with Gasteiger partial charge in [-0.05, 0) is 48.0 Å². The second-order valence-corrected chi connectivity index (χ2v) is 7.95. The minimum Gasteiger partial charge on any atom is -0.321 e. The van der Waals surface area contributed by atoms with Gasteiger partial charge in [0.25, 0.3) is 11.8 Å². The fraction of sp³-hybridized carbons (Fsp3) is 0. The number of fused-ring (bicyclic) bond motifs is 1. The SMILES string of the molecule is O=C(N/N=C\c1ccc(F)cc1)c1ccc(NC(=O)c2sc3ccccc3c2Cl)cc1. The molecule has 0 bridgehead atoms. The van der Waals surface area contributed by atoms with Gasteiger partial charge in [-0.1, -0.05) is 41.9 Å². The highest BCUT2D eigenvalue weighted by molar-refractivity contribution is 7.21. The van der Waals surface area contributed by atoms with E-state index < -0.39 is 5.91 Å². The van der Waals surface area contributed by atoms with E-state index in [4.69, 9.17) is 11.6 Å². The molecule has 0 aliphatic heterocycles. The van der Waals surface area contributed by atoms with Crippen molar-refractivity contribution in [2.75, 3.05) is 5.32 Å². The van der Waals surface area contributed by atoms with Gasteiger partial charge in [0.05, 0.1) is 11.2 Å². The zero-order valence-corrected chi connectivity index (χ0v) is 17.5. The lowest BCUT2D eigenvalue weighted by molar-refractivity contribution is 0.0954. The molecule has 1 aromatic heterocycles. The summed E-state index contributed by atoms with van der Waals surface area (Å²) < 4.78 is 13.8. The molecule has 0 aliphatic carbocycles. The quantitative estimate of drug-likeness (QED) is 0.301. The van der Waals surface area contributed by atoms with Gasteiger partial charge in [-0.25, -0.2) is 9.82 Å². The number of amides is 2. The number of hydrogen-bond acceptors (Lipinski definition) is 4. The van der Waals surface area contributed by atoms with E-state index in [-0.39, 0.29) is 11.7 Å². The van der Waals surface area contributed by atoms with Crippen LogP contribution in [0.25, 0.3) is 10.1 Å². The Morgan fingerprint density at radius 3 is 2.35 bits per heavy atom. The Hall–Kier alpha value is -3.55. The van der Waals surface area contributed by atoms with E-state index in [2.05, 4.69) is 15.8 Å². The molecule has 8 heteroatoms. The largest absolute Gasteiger partial charge is 0.321 e. The fourth-order valence-electron chi connectivity index (χ4n) is 2.83. The van der Waals surface area contributed by atoms with E-state index >= 15 is 0 Å². The molecule has 0 radical (unpaired) electrons. The van der Waals surface area contributed by atoms with Gasteiger partial charge in [0.15, 0.2) is 0 Å². The summed E-state index contributed by atoms with van der Waals surface area (Å²) in [4.78, 5) is 25.2. The highest BCUT2D eigenvalue weighted by Gasteiger charge is 2.17. The Balaban J connectivity index is 1.39. The first-order chi connectivity index (χ1) is 15.0. The number of benzene rings is 3. The number of hydrogen-bond donors (Lipinski definition) is 2. The zero-order valence-electron chi connectivity index (χ0n) is 15.9. The van der Waals surface area contributed by atoms with Gasteiger partial charge in [0.2, 0.25) is 0 Å². The maximum atomic E-state index is 12.9. The number of halogens is 2. The van der Waals surface area contributed by atoms with Gasteiger partial charge in [0, 0.05) is 21.3 Å². The van der Waals surface area contributed by atoms with Crippen LogP contribution >= 0.6 is 22.9 Å². The standard InChI is InChI=1S/C23H15ClFN3O2S/c24-20-18-3-1-2-4-19(18)31-21(20)23(30)27-17-11-7-15(8-12-17)22(29)28-26-13-14-5-9-16(25)10-6-14/h1-13H,(H,27,30)(H,28,29)/b26-13-. The molecule has 4 rings (SSSR count). The Kier molecular flexibility index (Phi) is 6.06. The minimum absolute atomic E-state index is 0.313. The normalized spacial score (nSPS) is 11.0. The molecule has 0 saturated carbocycles. The predicted molar refractivity (Wildman–Crippen MR) is 123 cm³/mol. The number of nitrogens with zero attached hydrogens (tertiary/aromatic N) is 1. The molecular weight excluding hydrogens is 437 g/mol. The lowest BCUT2D eigenvalue weighted by atomic mass is 10.2. The molecule has 0 saturated heterocycles. The van der Waals surface area contributed by atoms with Crippen LogP contribution < -0.4 is 10.7 Å². The third kappa shape index (κ3) is 4.79. The van der Waals surface area contributed by atoms with E-state index in [0.717, 1.165) is 10.1 Å². The molecule has 4 aromatic rings. The number of anilines is 1. The van der Waals surface area contributed by atoms with Crippen molar-refractivity contribution in [3.8, 4) is 0 Å². The van der Waals surface area contributed by atoms with Crippen molar-refractivity contribution >= 4 is 56.7 Å². The average Bonchev–Trinajstić information content (AvgIpc) is 3.12. The van der Waals surface area contributed by atoms with Crippen molar-refractivity contribution in [1.29, 1.82) is 0 Å². The maximum absolute atomic E-state index is 12.9. The van der Waals surface area contributed by atoms with E-state index in [0.29, 0.717) is 26.7 Å². The summed E-state index contributed by atoms with van der Waals surface area (Å²) in [6.45, 7) is 0. The summed E-state index contributed by atoms with van der Waals surface area (Å²) in [6.07, 6.45) is 1.42. The molecular formula is C23H15ClFN3O2S. The van der Waals surface area contributed by atoms with Gasteiger partial charge in [-0.2, -0.15) is 5.10 Å². The molecule has 1 heterocycles. The second-order valence-electron chi connectivity index (χ2n) is 6.52. The maximum Gasteiger partial charge on any atom is 0.271 e. The molecule has 3 aromatic carbocycles. The molecule has 2 amide bonds. The highest BCUT2D eigenvalue weighted by atomic mass is 35.5. The molecule has 5 nitrogen and oxygen atoms in total. The molecule has 0 fully saturated rings. The number of nitrogens with one attached hydrogen (secondary N) is 2. The Morgan fingerprint density at radius 2 is 1.65 bits per heavy atom. The summed E-state index contributed by atoms with van der Waals surface area (Å²) in [5, 5.41) is 7.91. The Labute approximate surface area is 186 Å². The summed E-state index contributed by atoms with van der Waals surface area (Å²) in [5.74, 6) is -1.07. The van der Waals surface area contributed by atoms with Crippen LogP contribution in [0.3, 0.4) is 0 Å². The Morgan fingerprint density at radius 1 is 0.935 bits per heavy atom. The molecule has 0 spiro atoms. The smallest absolute Gasteiger partial charge is 0.271 e. The predicted octanol–water partition coefficient (Wildman–Crippen LogP) is 5.71. The van der Waals surface area contributed by atoms with E-state index in [1.165, 1.54) is 29.7 Å². The van der Waals surface area contributed by atoms with E-state index in [9.17, 15) is 14.0 Å².